The Morgan fingerprint density at radius 1 is 0.311 bits per heavy atom. The van der Waals surface area contributed by atoms with Crippen molar-refractivity contribution >= 4 is 93.3 Å². The lowest BCUT2D eigenvalue weighted by Gasteiger charge is -2.26. The lowest BCUT2D eigenvalue weighted by Crippen LogP contribution is -2.09. The standard InChI is InChI=1S/C42H25NO2/c1-2-8-32-26(7-1)13-15-28-16-14-27-17-18-29(23-37(27)42(28)32)43(30-19-21-35-33-9-3-5-11-38(33)44-40(35)24-30)31-20-22-36-34-10-4-6-12-39(34)45-41(36)25-31/h1-25H. The summed E-state index contributed by atoms with van der Waals surface area (Å²) in [5, 5.41) is 11.9. The number of para-hydroxylation sites is 2. The van der Waals surface area contributed by atoms with Crippen molar-refractivity contribution in [2.75, 3.05) is 4.90 Å². The van der Waals surface area contributed by atoms with E-state index in [9.17, 15) is 0 Å². The molecule has 0 fully saturated rings. The molecule has 0 amide bonds. The van der Waals surface area contributed by atoms with Crippen LogP contribution in [0.2, 0.25) is 0 Å². The van der Waals surface area contributed by atoms with Gasteiger partial charge in [0.05, 0.1) is 0 Å². The zero-order valence-electron chi connectivity index (χ0n) is 24.2. The summed E-state index contributed by atoms with van der Waals surface area (Å²) in [4.78, 5) is 2.31. The summed E-state index contributed by atoms with van der Waals surface area (Å²) in [6.45, 7) is 0. The summed E-state index contributed by atoms with van der Waals surface area (Å²) in [5.41, 5.74) is 6.60. The SMILES string of the molecule is c1ccc2c(c1)ccc1ccc3ccc(N(c4ccc5c(c4)oc4ccccc45)c4ccc5c(c4)oc4ccccc45)cc3c12. The Bertz CT molecular complexity index is 2660. The van der Waals surface area contributed by atoms with E-state index >= 15 is 0 Å². The van der Waals surface area contributed by atoms with Crippen molar-refractivity contribution in [3.05, 3.63) is 152 Å². The van der Waals surface area contributed by atoms with Crippen LogP contribution < -0.4 is 4.90 Å². The Kier molecular flexibility index (Phi) is 5.00. The highest BCUT2D eigenvalue weighted by Gasteiger charge is 2.18. The monoisotopic (exact) mass is 575 g/mol. The van der Waals surface area contributed by atoms with Crippen LogP contribution in [0.3, 0.4) is 0 Å². The molecular formula is C42H25NO2. The third-order valence-electron chi connectivity index (χ3n) is 9.21. The molecule has 3 nitrogen and oxygen atoms in total. The van der Waals surface area contributed by atoms with Crippen molar-refractivity contribution in [3.63, 3.8) is 0 Å². The summed E-state index contributed by atoms with van der Waals surface area (Å²) >= 11 is 0. The van der Waals surface area contributed by atoms with Gasteiger partial charge in [-0.3, -0.25) is 0 Å². The molecule has 45 heavy (non-hydrogen) atoms. The number of furan rings is 2. The molecule has 210 valence electrons. The number of nitrogens with zero attached hydrogens (tertiary/aromatic N) is 1. The average molecular weight is 576 g/mol. The molecule has 0 saturated carbocycles. The van der Waals surface area contributed by atoms with E-state index in [2.05, 4.69) is 132 Å². The van der Waals surface area contributed by atoms with Crippen LogP contribution in [0.25, 0.3) is 76.2 Å². The number of rotatable bonds is 3. The molecule has 0 aliphatic heterocycles. The summed E-state index contributed by atoms with van der Waals surface area (Å²) in [7, 11) is 0. The molecule has 0 atom stereocenters. The van der Waals surface area contributed by atoms with Gasteiger partial charge >= 0.3 is 0 Å². The fraction of sp³-hybridized carbons (Fsp3) is 0. The van der Waals surface area contributed by atoms with E-state index in [-0.39, 0.29) is 0 Å². The molecule has 8 aromatic carbocycles. The van der Waals surface area contributed by atoms with Gasteiger partial charge in [0.15, 0.2) is 0 Å². The molecular weight excluding hydrogens is 550 g/mol. The molecule has 0 spiro atoms. The predicted octanol–water partition coefficient (Wildman–Crippen LogP) is 12.4. The maximum absolute atomic E-state index is 6.36. The molecule has 0 aliphatic rings. The van der Waals surface area contributed by atoms with Crippen molar-refractivity contribution in [2.45, 2.75) is 0 Å². The number of fused-ring (bicyclic) bond motifs is 11. The largest absolute Gasteiger partial charge is 0.456 e. The van der Waals surface area contributed by atoms with E-state index in [1.807, 2.05) is 24.3 Å². The van der Waals surface area contributed by atoms with Gasteiger partial charge in [-0.2, -0.15) is 0 Å². The minimum absolute atomic E-state index is 0.862. The number of anilines is 3. The summed E-state index contributed by atoms with van der Waals surface area (Å²) < 4.78 is 12.7. The molecule has 10 rings (SSSR count). The van der Waals surface area contributed by atoms with Gasteiger partial charge in [-0.05, 0) is 80.8 Å². The summed E-state index contributed by atoms with van der Waals surface area (Å²) in [6.07, 6.45) is 0. The van der Waals surface area contributed by atoms with Crippen LogP contribution >= 0.6 is 0 Å². The second-order valence-corrected chi connectivity index (χ2v) is 11.7. The fourth-order valence-corrected chi connectivity index (χ4v) is 7.11. The first-order chi connectivity index (χ1) is 22.3. The van der Waals surface area contributed by atoms with Gasteiger partial charge in [-0.25, -0.2) is 0 Å². The van der Waals surface area contributed by atoms with Crippen LogP contribution in [-0.4, -0.2) is 0 Å². The third-order valence-corrected chi connectivity index (χ3v) is 9.21. The van der Waals surface area contributed by atoms with Crippen molar-refractivity contribution in [1.82, 2.24) is 0 Å². The summed E-state index contributed by atoms with van der Waals surface area (Å²) in [6, 6.07) is 53.8. The molecule has 10 aromatic rings. The van der Waals surface area contributed by atoms with Crippen molar-refractivity contribution in [1.29, 1.82) is 0 Å². The first kappa shape index (κ1) is 24.4. The molecule has 0 radical (unpaired) electrons. The van der Waals surface area contributed by atoms with Gasteiger partial charge in [0.25, 0.3) is 0 Å². The van der Waals surface area contributed by atoms with E-state index < -0.39 is 0 Å². The minimum Gasteiger partial charge on any atom is -0.456 e. The maximum Gasteiger partial charge on any atom is 0.137 e. The van der Waals surface area contributed by atoms with Crippen LogP contribution in [0, 0.1) is 0 Å². The van der Waals surface area contributed by atoms with Gasteiger partial charge in [0, 0.05) is 50.7 Å². The second-order valence-electron chi connectivity index (χ2n) is 11.7. The molecule has 0 unspecified atom stereocenters. The lowest BCUT2D eigenvalue weighted by atomic mass is 9.96. The van der Waals surface area contributed by atoms with Gasteiger partial charge in [0.2, 0.25) is 0 Å². The average Bonchev–Trinajstić information content (AvgIpc) is 3.65. The highest BCUT2D eigenvalue weighted by Crippen LogP contribution is 2.42. The van der Waals surface area contributed by atoms with Crippen LogP contribution in [-0.2, 0) is 0 Å². The van der Waals surface area contributed by atoms with Gasteiger partial charge in [-0.1, -0.05) is 91.0 Å². The lowest BCUT2D eigenvalue weighted by molar-refractivity contribution is 0.669. The van der Waals surface area contributed by atoms with Crippen LogP contribution in [0.5, 0.6) is 0 Å². The van der Waals surface area contributed by atoms with E-state index in [4.69, 9.17) is 8.83 Å². The highest BCUT2D eigenvalue weighted by molar-refractivity contribution is 6.21. The van der Waals surface area contributed by atoms with Crippen LogP contribution in [0.15, 0.2) is 160 Å². The highest BCUT2D eigenvalue weighted by atomic mass is 16.3. The minimum atomic E-state index is 0.862. The van der Waals surface area contributed by atoms with E-state index in [0.717, 1.165) is 60.9 Å². The molecule has 0 saturated heterocycles. The van der Waals surface area contributed by atoms with E-state index in [1.54, 1.807) is 0 Å². The Morgan fingerprint density at radius 2 is 0.756 bits per heavy atom. The third kappa shape index (κ3) is 3.65. The van der Waals surface area contributed by atoms with Crippen LogP contribution in [0.1, 0.15) is 0 Å². The first-order valence-electron chi connectivity index (χ1n) is 15.3. The van der Waals surface area contributed by atoms with Gasteiger partial charge in [-0.15, -0.1) is 0 Å². The quantitative estimate of drug-likeness (QED) is 0.196. The predicted molar refractivity (Wildman–Crippen MR) is 188 cm³/mol. The summed E-state index contributed by atoms with van der Waals surface area (Å²) in [5.74, 6) is 0. The maximum atomic E-state index is 6.36. The fourth-order valence-electron chi connectivity index (χ4n) is 7.11. The van der Waals surface area contributed by atoms with Gasteiger partial charge in [0.1, 0.15) is 22.3 Å². The molecule has 3 heteroatoms. The molecule has 2 heterocycles. The van der Waals surface area contributed by atoms with E-state index in [1.165, 1.54) is 32.3 Å². The Labute approximate surface area is 258 Å². The zero-order chi connectivity index (χ0) is 29.5. The Hall–Kier alpha value is -6.06. The van der Waals surface area contributed by atoms with E-state index in [0.29, 0.717) is 0 Å². The van der Waals surface area contributed by atoms with Crippen molar-refractivity contribution < 1.29 is 8.83 Å². The van der Waals surface area contributed by atoms with Crippen LogP contribution in [0.4, 0.5) is 17.1 Å². The molecule has 0 bridgehead atoms. The second kappa shape index (κ2) is 9.22. The Morgan fingerprint density at radius 3 is 1.40 bits per heavy atom. The van der Waals surface area contributed by atoms with Gasteiger partial charge < -0.3 is 13.7 Å². The Balaban J connectivity index is 1.25. The number of hydrogen-bond donors (Lipinski definition) is 0. The number of hydrogen-bond acceptors (Lipinski definition) is 3. The zero-order valence-corrected chi connectivity index (χ0v) is 24.2. The molecule has 2 aromatic heterocycles. The first-order valence-corrected chi connectivity index (χ1v) is 15.3. The van der Waals surface area contributed by atoms with Crippen molar-refractivity contribution in [3.8, 4) is 0 Å². The molecule has 0 N–H and O–H groups in total. The number of benzene rings is 8. The van der Waals surface area contributed by atoms with Crippen molar-refractivity contribution in [2.24, 2.45) is 0 Å². The molecule has 0 aliphatic carbocycles. The topological polar surface area (TPSA) is 29.5 Å². The smallest absolute Gasteiger partial charge is 0.137 e. The normalized spacial score (nSPS) is 12.0.